The van der Waals surface area contributed by atoms with E-state index in [0.29, 0.717) is 50.4 Å². The summed E-state index contributed by atoms with van der Waals surface area (Å²) in [5.41, 5.74) is 1.00. The molecule has 0 bridgehead atoms. The van der Waals surface area contributed by atoms with Crippen LogP contribution in [0.1, 0.15) is 69.9 Å². The van der Waals surface area contributed by atoms with Crippen molar-refractivity contribution < 1.29 is 32.2 Å². The van der Waals surface area contributed by atoms with Crippen LogP contribution in [-0.4, -0.2) is 48.0 Å². The van der Waals surface area contributed by atoms with Gasteiger partial charge in [-0.1, -0.05) is 19.9 Å². The molecule has 1 aliphatic heterocycles. The standard InChI is InChI=1S/C25H32F3N3O4/c1-4-20-22-21(10-6-12-34-13-7-11-29-23(22)32)31(30-20)14-16(2)15-35-24(33)18-8-5-9-19(17(18)3)25(26,27)28/h5,8-9,16H,4,6-7,10-15H2,1-3H3,(H,29,32)/t16-/m1/s1. The molecule has 3 rings (SSSR count). The van der Waals surface area contributed by atoms with Crippen molar-refractivity contribution in [3.63, 3.8) is 0 Å². The third-order valence-electron chi connectivity index (χ3n) is 5.99. The third kappa shape index (κ3) is 6.62. The zero-order valence-corrected chi connectivity index (χ0v) is 20.3. The maximum absolute atomic E-state index is 13.2. The van der Waals surface area contributed by atoms with Crippen molar-refractivity contribution in [1.82, 2.24) is 15.1 Å². The number of nitrogens with zero attached hydrogens (tertiary/aromatic N) is 2. The van der Waals surface area contributed by atoms with Gasteiger partial charge in [0.25, 0.3) is 5.91 Å². The molecule has 10 heteroatoms. The summed E-state index contributed by atoms with van der Waals surface area (Å²) in [5, 5.41) is 7.59. The Balaban J connectivity index is 1.73. The maximum atomic E-state index is 13.2. The molecule has 0 aliphatic carbocycles. The van der Waals surface area contributed by atoms with Gasteiger partial charge in [-0.2, -0.15) is 18.3 Å². The summed E-state index contributed by atoms with van der Waals surface area (Å²) in [7, 11) is 0. The molecule has 0 spiro atoms. The number of fused-ring (bicyclic) bond motifs is 1. The lowest BCUT2D eigenvalue weighted by molar-refractivity contribution is -0.138. The van der Waals surface area contributed by atoms with Crippen LogP contribution in [0.4, 0.5) is 13.2 Å². The molecule has 0 fully saturated rings. The van der Waals surface area contributed by atoms with Crippen LogP contribution < -0.4 is 5.32 Å². The summed E-state index contributed by atoms with van der Waals surface area (Å²) >= 11 is 0. The Hall–Kier alpha value is -2.88. The number of ether oxygens (including phenoxy) is 2. The van der Waals surface area contributed by atoms with Gasteiger partial charge in [0.15, 0.2) is 0 Å². The molecular formula is C25H32F3N3O4. The lowest BCUT2D eigenvalue weighted by Crippen LogP contribution is -2.27. The number of benzene rings is 1. The number of halogens is 3. The van der Waals surface area contributed by atoms with Crippen molar-refractivity contribution in [2.24, 2.45) is 5.92 Å². The SMILES string of the molecule is CCc1nn(C[C@@H](C)COC(=O)c2cccc(C(F)(F)F)c2C)c2c1C(=O)NCCCOCCC2. The first-order valence-electron chi connectivity index (χ1n) is 11.9. The zero-order chi connectivity index (χ0) is 25.6. The summed E-state index contributed by atoms with van der Waals surface area (Å²) in [6.45, 7) is 7.16. The van der Waals surface area contributed by atoms with Gasteiger partial charge in [0.2, 0.25) is 0 Å². The number of aryl methyl sites for hydroxylation is 1. The summed E-state index contributed by atoms with van der Waals surface area (Å²) in [4.78, 5) is 25.4. The number of hydrogen-bond donors (Lipinski definition) is 1. The fraction of sp³-hybridized carbons (Fsp3) is 0.560. The van der Waals surface area contributed by atoms with Gasteiger partial charge in [-0.05, 0) is 50.3 Å². The van der Waals surface area contributed by atoms with Crippen molar-refractivity contribution in [2.75, 3.05) is 26.4 Å². The second-order valence-electron chi connectivity index (χ2n) is 8.81. The van der Waals surface area contributed by atoms with Gasteiger partial charge in [-0.25, -0.2) is 4.79 Å². The van der Waals surface area contributed by atoms with Gasteiger partial charge in [0, 0.05) is 32.2 Å². The third-order valence-corrected chi connectivity index (χ3v) is 5.99. The minimum atomic E-state index is -4.55. The van der Waals surface area contributed by atoms with Crippen molar-refractivity contribution in [3.8, 4) is 0 Å². The van der Waals surface area contributed by atoms with E-state index in [1.807, 2.05) is 13.8 Å². The summed E-state index contributed by atoms with van der Waals surface area (Å²) in [6.07, 6.45) is -1.85. The quantitative estimate of drug-likeness (QED) is 0.603. The van der Waals surface area contributed by atoms with Gasteiger partial charge in [0.1, 0.15) is 0 Å². The number of carbonyl (C=O) groups excluding carboxylic acids is 2. The molecular weight excluding hydrogens is 463 g/mol. The van der Waals surface area contributed by atoms with Crippen LogP contribution in [0.2, 0.25) is 0 Å². The highest BCUT2D eigenvalue weighted by Gasteiger charge is 2.34. The topological polar surface area (TPSA) is 82.5 Å². The highest BCUT2D eigenvalue weighted by Crippen LogP contribution is 2.33. The number of alkyl halides is 3. The molecule has 1 aromatic heterocycles. The number of nitrogens with one attached hydrogen (secondary N) is 1. The molecule has 1 aromatic carbocycles. The molecule has 0 saturated heterocycles. The number of rotatable bonds is 6. The molecule has 0 saturated carbocycles. The number of esters is 1. The summed E-state index contributed by atoms with van der Waals surface area (Å²) in [6, 6.07) is 3.47. The molecule has 192 valence electrons. The van der Waals surface area contributed by atoms with E-state index in [9.17, 15) is 22.8 Å². The van der Waals surface area contributed by atoms with E-state index >= 15 is 0 Å². The zero-order valence-electron chi connectivity index (χ0n) is 20.3. The normalized spacial score (nSPS) is 16.1. The first kappa shape index (κ1) is 26.7. The molecule has 1 amide bonds. The number of carbonyl (C=O) groups is 2. The fourth-order valence-electron chi connectivity index (χ4n) is 4.18. The Kier molecular flexibility index (Phi) is 8.93. The van der Waals surface area contributed by atoms with Crippen LogP contribution in [0, 0.1) is 12.8 Å². The van der Waals surface area contributed by atoms with E-state index in [0.717, 1.165) is 24.6 Å². The van der Waals surface area contributed by atoms with Gasteiger partial charge in [-0.15, -0.1) is 0 Å². The number of aromatic nitrogens is 2. The van der Waals surface area contributed by atoms with Crippen LogP contribution >= 0.6 is 0 Å². The molecule has 2 heterocycles. The lowest BCUT2D eigenvalue weighted by Gasteiger charge is -2.17. The van der Waals surface area contributed by atoms with Crippen LogP contribution in [0.5, 0.6) is 0 Å². The summed E-state index contributed by atoms with van der Waals surface area (Å²) < 4.78 is 52.3. The van der Waals surface area contributed by atoms with Crippen molar-refractivity contribution in [3.05, 3.63) is 51.8 Å². The monoisotopic (exact) mass is 495 g/mol. The molecule has 0 unspecified atom stereocenters. The fourth-order valence-corrected chi connectivity index (χ4v) is 4.18. The van der Waals surface area contributed by atoms with Gasteiger partial charge >= 0.3 is 12.1 Å². The van der Waals surface area contributed by atoms with Crippen molar-refractivity contribution >= 4 is 11.9 Å². The number of hydrogen-bond acceptors (Lipinski definition) is 5. The minimum absolute atomic E-state index is 0.0000813. The number of amides is 1. The van der Waals surface area contributed by atoms with Crippen molar-refractivity contribution in [1.29, 1.82) is 0 Å². The first-order chi connectivity index (χ1) is 16.6. The second-order valence-corrected chi connectivity index (χ2v) is 8.81. The highest BCUT2D eigenvalue weighted by atomic mass is 19.4. The smallest absolute Gasteiger partial charge is 0.416 e. The van der Waals surface area contributed by atoms with Crippen molar-refractivity contribution in [2.45, 2.75) is 59.2 Å². The lowest BCUT2D eigenvalue weighted by atomic mass is 10.0. The van der Waals surface area contributed by atoms with Crippen LogP contribution in [0.3, 0.4) is 0 Å². The van der Waals surface area contributed by atoms with E-state index in [4.69, 9.17) is 9.47 Å². The van der Waals surface area contributed by atoms with Gasteiger partial charge < -0.3 is 14.8 Å². The predicted octanol–water partition coefficient (Wildman–Crippen LogP) is 4.35. The molecule has 2 aromatic rings. The minimum Gasteiger partial charge on any atom is -0.462 e. The Morgan fingerprint density at radius 2 is 2.03 bits per heavy atom. The molecule has 1 aliphatic rings. The second kappa shape index (κ2) is 11.7. The van der Waals surface area contributed by atoms with E-state index in [2.05, 4.69) is 10.4 Å². The average molecular weight is 496 g/mol. The molecule has 7 nitrogen and oxygen atoms in total. The van der Waals surface area contributed by atoms with Crippen LogP contribution in [0.15, 0.2) is 18.2 Å². The van der Waals surface area contributed by atoms with Gasteiger partial charge in [-0.3, -0.25) is 9.48 Å². The Morgan fingerprint density at radius 3 is 2.74 bits per heavy atom. The maximum Gasteiger partial charge on any atom is 0.416 e. The van der Waals surface area contributed by atoms with E-state index in [-0.39, 0.29) is 29.6 Å². The molecule has 35 heavy (non-hydrogen) atoms. The van der Waals surface area contributed by atoms with E-state index < -0.39 is 17.7 Å². The van der Waals surface area contributed by atoms with Crippen LogP contribution in [0.25, 0.3) is 0 Å². The van der Waals surface area contributed by atoms with Gasteiger partial charge in [0.05, 0.1) is 34.7 Å². The Labute approximate surface area is 203 Å². The highest BCUT2D eigenvalue weighted by molar-refractivity contribution is 5.96. The van der Waals surface area contributed by atoms with Crippen LogP contribution in [-0.2, 0) is 35.0 Å². The summed E-state index contributed by atoms with van der Waals surface area (Å²) in [5.74, 6) is -1.13. The Bertz CT molecular complexity index is 1050. The average Bonchev–Trinajstić information content (AvgIpc) is 3.13. The molecule has 1 atom stereocenters. The molecule has 1 N–H and O–H groups in total. The largest absolute Gasteiger partial charge is 0.462 e. The first-order valence-corrected chi connectivity index (χ1v) is 11.9. The molecule has 0 radical (unpaired) electrons. The van der Waals surface area contributed by atoms with E-state index in [1.54, 1.807) is 4.68 Å². The van der Waals surface area contributed by atoms with E-state index in [1.165, 1.54) is 19.1 Å². The Morgan fingerprint density at radius 1 is 1.29 bits per heavy atom. The predicted molar refractivity (Wildman–Crippen MR) is 123 cm³/mol.